The topological polar surface area (TPSA) is 98.5 Å². The van der Waals surface area contributed by atoms with E-state index in [1.165, 1.54) is 12.1 Å². The van der Waals surface area contributed by atoms with Crippen LogP contribution in [0.5, 0.6) is 5.75 Å². The van der Waals surface area contributed by atoms with Gasteiger partial charge in [-0.2, -0.15) is 0 Å². The molecule has 0 saturated heterocycles. The zero-order valence-corrected chi connectivity index (χ0v) is 17.0. The Morgan fingerprint density at radius 1 is 1.21 bits per heavy atom. The Morgan fingerprint density at radius 2 is 1.89 bits per heavy atom. The molecule has 0 unspecified atom stereocenters. The summed E-state index contributed by atoms with van der Waals surface area (Å²) in [6.45, 7) is 5.62. The van der Waals surface area contributed by atoms with E-state index in [4.69, 9.17) is 4.74 Å². The summed E-state index contributed by atoms with van der Waals surface area (Å²) in [6, 6.07) is 10.9. The molecule has 1 aliphatic heterocycles. The first-order valence-electron chi connectivity index (χ1n) is 9.26. The van der Waals surface area contributed by atoms with Crippen molar-refractivity contribution in [2.24, 2.45) is 0 Å². The second-order valence-electron chi connectivity index (χ2n) is 7.11. The van der Waals surface area contributed by atoms with Gasteiger partial charge in [0.25, 0.3) is 5.69 Å². The minimum Gasteiger partial charge on any atom is -0.487 e. The lowest BCUT2D eigenvalue weighted by atomic mass is 9.84. The van der Waals surface area contributed by atoms with Crippen LogP contribution < -0.4 is 9.46 Å². The van der Waals surface area contributed by atoms with Crippen LogP contribution >= 0.6 is 0 Å². The first-order chi connectivity index (χ1) is 13.2. The lowest BCUT2D eigenvalue weighted by Crippen LogP contribution is -2.44. The van der Waals surface area contributed by atoms with Gasteiger partial charge in [0.15, 0.2) is 0 Å². The van der Waals surface area contributed by atoms with Gasteiger partial charge >= 0.3 is 0 Å². The van der Waals surface area contributed by atoms with Crippen molar-refractivity contribution >= 4 is 15.7 Å². The number of ether oxygens (including phenoxy) is 1. The molecule has 28 heavy (non-hydrogen) atoms. The average molecular weight is 404 g/mol. The number of para-hydroxylation sites is 1. The van der Waals surface area contributed by atoms with Crippen molar-refractivity contribution in [1.29, 1.82) is 0 Å². The number of nitro groups is 1. The van der Waals surface area contributed by atoms with E-state index < -0.39 is 26.6 Å². The molecule has 0 bridgehead atoms. The molecule has 7 nitrogen and oxygen atoms in total. The van der Waals surface area contributed by atoms with Gasteiger partial charge in [0.05, 0.1) is 15.9 Å². The van der Waals surface area contributed by atoms with E-state index in [1.807, 2.05) is 38.1 Å². The molecule has 0 amide bonds. The lowest BCUT2D eigenvalue weighted by Gasteiger charge is -2.41. The number of nitro benzene ring substituents is 1. The predicted molar refractivity (Wildman–Crippen MR) is 106 cm³/mol. The highest BCUT2D eigenvalue weighted by molar-refractivity contribution is 7.89. The molecule has 0 spiro atoms. The maximum Gasteiger partial charge on any atom is 0.273 e. The summed E-state index contributed by atoms with van der Waals surface area (Å²) in [5.41, 5.74) is 0.508. The molecule has 0 fully saturated rings. The third kappa shape index (κ3) is 3.74. The smallest absolute Gasteiger partial charge is 0.273 e. The molecular weight excluding hydrogens is 380 g/mol. The van der Waals surface area contributed by atoms with E-state index in [-0.39, 0.29) is 10.6 Å². The number of rotatable bonds is 6. The molecule has 2 aromatic rings. The number of benzene rings is 2. The van der Waals surface area contributed by atoms with Crippen LogP contribution in [0.25, 0.3) is 0 Å². The predicted octanol–water partition coefficient (Wildman–Crippen LogP) is 4.26. The van der Waals surface area contributed by atoms with Crippen LogP contribution in [0.3, 0.4) is 0 Å². The highest BCUT2D eigenvalue weighted by Crippen LogP contribution is 2.43. The van der Waals surface area contributed by atoms with Gasteiger partial charge in [-0.1, -0.05) is 38.1 Å². The van der Waals surface area contributed by atoms with Crippen LogP contribution in [-0.4, -0.2) is 18.9 Å². The summed E-state index contributed by atoms with van der Waals surface area (Å²) in [7, 11) is -3.95. The zero-order chi connectivity index (χ0) is 20.5. The quantitative estimate of drug-likeness (QED) is 0.573. The molecule has 0 saturated carbocycles. The summed E-state index contributed by atoms with van der Waals surface area (Å²) in [5.74, 6) is 0.667. The largest absolute Gasteiger partial charge is 0.487 e. The lowest BCUT2D eigenvalue weighted by molar-refractivity contribution is -0.385. The second-order valence-corrected chi connectivity index (χ2v) is 8.83. The Hall–Kier alpha value is -2.45. The molecule has 2 aromatic carbocycles. The fourth-order valence-electron chi connectivity index (χ4n) is 3.61. The minimum atomic E-state index is -3.95. The fraction of sp³-hybridized carbons (Fsp3) is 0.400. The van der Waals surface area contributed by atoms with Gasteiger partial charge in [0.1, 0.15) is 11.4 Å². The molecule has 0 aromatic heterocycles. The molecule has 8 heteroatoms. The van der Waals surface area contributed by atoms with Gasteiger partial charge in [-0.05, 0) is 31.9 Å². The summed E-state index contributed by atoms with van der Waals surface area (Å²) in [4.78, 5) is 10.5. The Bertz CT molecular complexity index is 999. The third-order valence-corrected chi connectivity index (χ3v) is 6.94. The number of hydrogen-bond acceptors (Lipinski definition) is 5. The monoisotopic (exact) mass is 404 g/mol. The molecule has 3 rings (SSSR count). The second kappa shape index (κ2) is 7.52. The van der Waals surface area contributed by atoms with Crippen molar-refractivity contribution in [3.05, 3.63) is 63.7 Å². The highest BCUT2D eigenvalue weighted by Gasteiger charge is 2.40. The minimum absolute atomic E-state index is 0.118. The van der Waals surface area contributed by atoms with Crippen LogP contribution in [0.2, 0.25) is 0 Å². The van der Waals surface area contributed by atoms with E-state index in [1.54, 1.807) is 6.92 Å². The van der Waals surface area contributed by atoms with Gasteiger partial charge in [0.2, 0.25) is 10.0 Å². The molecule has 1 atom stereocenters. The van der Waals surface area contributed by atoms with Crippen molar-refractivity contribution in [3.63, 3.8) is 0 Å². The Kier molecular flexibility index (Phi) is 5.45. The molecule has 1 heterocycles. The van der Waals surface area contributed by atoms with Crippen molar-refractivity contribution in [2.75, 3.05) is 0 Å². The van der Waals surface area contributed by atoms with Crippen LogP contribution in [0.4, 0.5) is 5.69 Å². The summed E-state index contributed by atoms with van der Waals surface area (Å²) in [6.07, 6.45) is 1.97. The van der Waals surface area contributed by atoms with Gasteiger partial charge in [0, 0.05) is 23.6 Å². The van der Waals surface area contributed by atoms with E-state index in [0.29, 0.717) is 17.7 Å². The Labute approximate surface area is 164 Å². The number of sulfonamides is 1. The van der Waals surface area contributed by atoms with Crippen molar-refractivity contribution in [3.8, 4) is 5.75 Å². The fourth-order valence-corrected chi connectivity index (χ4v) is 4.85. The van der Waals surface area contributed by atoms with Crippen molar-refractivity contribution in [1.82, 2.24) is 4.72 Å². The van der Waals surface area contributed by atoms with E-state index in [9.17, 15) is 18.5 Å². The number of aryl methyl sites for hydroxylation is 1. The summed E-state index contributed by atoms with van der Waals surface area (Å²) in [5, 5.41) is 11.2. The van der Waals surface area contributed by atoms with Crippen LogP contribution in [0.15, 0.2) is 47.4 Å². The molecule has 0 radical (unpaired) electrons. The van der Waals surface area contributed by atoms with E-state index in [2.05, 4.69) is 4.72 Å². The SMILES string of the molecule is CCC1(CC)C[C@@H](NS(=O)(=O)c2ccc(C)c([N+](=O)[O-])c2)c2ccccc2O1. The maximum atomic E-state index is 13.0. The van der Waals surface area contributed by atoms with Crippen molar-refractivity contribution in [2.45, 2.75) is 56.6 Å². The first kappa shape index (κ1) is 20.3. The molecule has 150 valence electrons. The molecule has 0 aliphatic carbocycles. The Balaban J connectivity index is 2.00. The molecule has 1 N–H and O–H groups in total. The third-order valence-electron chi connectivity index (χ3n) is 5.47. The maximum absolute atomic E-state index is 13.0. The number of nitrogens with one attached hydrogen (secondary N) is 1. The highest BCUT2D eigenvalue weighted by atomic mass is 32.2. The van der Waals surface area contributed by atoms with Crippen molar-refractivity contribution < 1.29 is 18.1 Å². The van der Waals surface area contributed by atoms with Gasteiger partial charge in [-0.3, -0.25) is 10.1 Å². The van der Waals surface area contributed by atoms with Gasteiger partial charge < -0.3 is 4.74 Å². The Morgan fingerprint density at radius 3 is 2.54 bits per heavy atom. The summed E-state index contributed by atoms with van der Waals surface area (Å²) >= 11 is 0. The number of fused-ring (bicyclic) bond motifs is 1. The average Bonchev–Trinajstić information content (AvgIpc) is 2.67. The zero-order valence-electron chi connectivity index (χ0n) is 16.1. The molecular formula is C20H24N2O5S. The van der Waals surface area contributed by atoms with E-state index in [0.717, 1.165) is 24.5 Å². The van der Waals surface area contributed by atoms with Crippen LogP contribution in [0.1, 0.15) is 50.3 Å². The molecule has 1 aliphatic rings. The summed E-state index contributed by atoms with van der Waals surface area (Å²) < 4.78 is 35.0. The van der Waals surface area contributed by atoms with Crippen LogP contribution in [0, 0.1) is 17.0 Å². The normalized spacial score (nSPS) is 18.2. The standard InChI is InChI=1S/C20H24N2O5S/c1-4-20(5-2)13-17(16-8-6-7-9-19(16)27-20)21-28(25,26)15-11-10-14(3)18(12-15)22(23)24/h6-12,17,21H,4-5,13H2,1-3H3/t17-/m1/s1. The first-order valence-corrected chi connectivity index (χ1v) is 10.7. The number of nitrogens with zero attached hydrogens (tertiary/aromatic N) is 1. The van der Waals surface area contributed by atoms with E-state index >= 15 is 0 Å². The van der Waals surface area contributed by atoms with Gasteiger partial charge in [-0.15, -0.1) is 0 Å². The number of hydrogen-bond donors (Lipinski definition) is 1. The van der Waals surface area contributed by atoms with Crippen LogP contribution in [-0.2, 0) is 10.0 Å². The van der Waals surface area contributed by atoms with Gasteiger partial charge in [-0.25, -0.2) is 13.1 Å².